The van der Waals surface area contributed by atoms with Gasteiger partial charge < -0.3 is 15.7 Å². The summed E-state index contributed by atoms with van der Waals surface area (Å²) in [4.78, 5) is 34.4. The molecule has 3 N–H and O–H groups in total. The molecule has 0 radical (unpaired) electrons. The molecule has 4 aromatic rings. The fourth-order valence-electron chi connectivity index (χ4n) is 4.02. The minimum absolute atomic E-state index is 0.277. The summed E-state index contributed by atoms with van der Waals surface area (Å²) >= 11 is 3.15. The summed E-state index contributed by atoms with van der Waals surface area (Å²) in [5.41, 5.74) is 9.21. The molecule has 1 unspecified atom stereocenters. The number of nitrogen functional groups attached to an aromatic ring is 1. The Balaban J connectivity index is 1.67. The summed E-state index contributed by atoms with van der Waals surface area (Å²) < 4.78 is 0. The van der Waals surface area contributed by atoms with Gasteiger partial charge in [0, 0.05) is 31.6 Å². The third kappa shape index (κ3) is 5.92. The highest BCUT2D eigenvalue weighted by molar-refractivity contribution is 7.20. The molecule has 0 aliphatic rings. The van der Waals surface area contributed by atoms with Gasteiger partial charge in [-0.1, -0.05) is 48.5 Å². The molecule has 0 aliphatic heterocycles. The third-order valence-electron chi connectivity index (χ3n) is 6.15. The zero-order valence-electron chi connectivity index (χ0n) is 20.1. The molecular weight excluding hydrogens is 492 g/mol. The Kier molecular flexibility index (Phi) is 8.02. The second-order valence-corrected chi connectivity index (χ2v) is 10.4. The fraction of sp³-hybridized carbons (Fsp3) is 0.222. The van der Waals surface area contributed by atoms with E-state index in [2.05, 4.69) is 0 Å². The van der Waals surface area contributed by atoms with E-state index in [1.165, 1.54) is 18.4 Å². The van der Waals surface area contributed by atoms with E-state index in [1.54, 1.807) is 23.3 Å². The standard InChI is InChI=1S/C27H28N4O3S2/c1-30(26(32)23(31(2)27(33)34)16-18-7-4-3-5-8-18)22(15-19-10-12-20(28)13-11-19)21-17-36-25(29-21)24-9-6-14-35-24/h3-14,17,22-23H,15-16,28H2,1-2H3,(H,33,34)/t22-,23?/m0/s1. The van der Waals surface area contributed by atoms with Crippen LogP contribution in [0.15, 0.2) is 77.5 Å². The van der Waals surface area contributed by atoms with Crippen molar-refractivity contribution in [3.05, 3.63) is 94.3 Å². The number of thiophene rings is 1. The van der Waals surface area contributed by atoms with Crippen molar-refractivity contribution in [2.45, 2.75) is 24.9 Å². The number of hydrogen-bond donors (Lipinski definition) is 2. The van der Waals surface area contributed by atoms with Crippen molar-refractivity contribution in [1.29, 1.82) is 0 Å². The van der Waals surface area contributed by atoms with E-state index >= 15 is 0 Å². The average Bonchev–Trinajstić information content (AvgIpc) is 3.59. The predicted molar refractivity (Wildman–Crippen MR) is 145 cm³/mol. The molecule has 0 bridgehead atoms. The molecule has 4 rings (SSSR count). The average molecular weight is 521 g/mol. The van der Waals surface area contributed by atoms with Crippen LogP contribution in [0, 0.1) is 0 Å². The van der Waals surface area contributed by atoms with Crippen molar-refractivity contribution in [3.63, 3.8) is 0 Å². The smallest absolute Gasteiger partial charge is 0.407 e. The molecular formula is C27H28N4O3S2. The number of anilines is 1. The van der Waals surface area contributed by atoms with Crippen LogP contribution in [0.1, 0.15) is 22.9 Å². The lowest BCUT2D eigenvalue weighted by atomic mass is 9.99. The molecule has 0 aliphatic carbocycles. The summed E-state index contributed by atoms with van der Waals surface area (Å²) in [5.74, 6) is -0.283. The maximum absolute atomic E-state index is 13.9. The monoisotopic (exact) mass is 520 g/mol. The van der Waals surface area contributed by atoms with Crippen molar-refractivity contribution >= 4 is 40.4 Å². The van der Waals surface area contributed by atoms with Crippen molar-refractivity contribution < 1.29 is 14.7 Å². The Bertz CT molecular complexity index is 1290. The first-order chi connectivity index (χ1) is 17.3. The first-order valence-corrected chi connectivity index (χ1v) is 13.2. The maximum Gasteiger partial charge on any atom is 0.407 e. The first kappa shape index (κ1) is 25.4. The number of carbonyl (C=O) groups is 2. The quantitative estimate of drug-likeness (QED) is 0.287. The van der Waals surface area contributed by atoms with Gasteiger partial charge in [0.15, 0.2) is 0 Å². The number of carbonyl (C=O) groups excluding carboxylic acids is 1. The van der Waals surface area contributed by atoms with E-state index in [9.17, 15) is 14.7 Å². The predicted octanol–water partition coefficient (Wildman–Crippen LogP) is 5.42. The molecule has 0 saturated carbocycles. The third-order valence-corrected chi connectivity index (χ3v) is 8.04. The van der Waals surface area contributed by atoms with E-state index < -0.39 is 12.1 Å². The summed E-state index contributed by atoms with van der Waals surface area (Å²) in [6.07, 6.45) is -0.356. The van der Waals surface area contributed by atoms with Crippen LogP contribution in [-0.2, 0) is 17.6 Å². The van der Waals surface area contributed by atoms with Crippen LogP contribution in [0.5, 0.6) is 0 Å². The highest BCUT2D eigenvalue weighted by atomic mass is 32.1. The first-order valence-electron chi connectivity index (χ1n) is 11.4. The Hall–Kier alpha value is -3.69. The molecule has 2 aromatic heterocycles. The molecule has 2 heterocycles. The van der Waals surface area contributed by atoms with Gasteiger partial charge in [0.2, 0.25) is 5.91 Å². The number of thiazole rings is 1. The maximum atomic E-state index is 13.9. The minimum atomic E-state index is -1.15. The normalized spacial score (nSPS) is 12.6. The van der Waals surface area contributed by atoms with Crippen molar-refractivity contribution in [2.75, 3.05) is 19.8 Å². The van der Waals surface area contributed by atoms with Crippen LogP contribution in [0.25, 0.3) is 9.88 Å². The van der Waals surface area contributed by atoms with Gasteiger partial charge in [-0.15, -0.1) is 22.7 Å². The summed E-state index contributed by atoms with van der Waals surface area (Å²) in [7, 11) is 3.16. The molecule has 186 valence electrons. The Morgan fingerprint density at radius 2 is 1.61 bits per heavy atom. The lowest BCUT2D eigenvalue weighted by Crippen LogP contribution is -2.50. The Morgan fingerprint density at radius 3 is 2.25 bits per heavy atom. The van der Waals surface area contributed by atoms with Gasteiger partial charge in [0.1, 0.15) is 11.0 Å². The van der Waals surface area contributed by atoms with Crippen LogP contribution < -0.4 is 5.73 Å². The van der Waals surface area contributed by atoms with E-state index in [4.69, 9.17) is 10.7 Å². The van der Waals surface area contributed by atoms with Crippen LogP contribution in [0.2, 0.25) is 0 Å². The van der Waals surface area contributed by atoms with E-state index in [1.807, 2.05) is 77.5 Å². The Labute approximate surface area is 218 Å². The molecule has 9 heteroatoms. The van der Waals surface area contributed by atoms with Crippen molar-refractivity contribution in [3.8, 4) is 9.88 Å². The SMILES string of the molecule is CN(C(=O)O)C(Cc1ccccc1)C(=O)N(C)[C@@H](Cc1ccc(N)cc1)c1csc(-c2cccs2)n1. The molecule has 36 heavy (non-hydrogen) atoms. The van der Waals surface area contributed by atoms with Crippen molar-refractivity contribution in [1.82, 2.24) is 14.8 Å². The molecule has 0 fully saturated rings. The molecule has 2 atom stereocenters. The minimum Gasteiger partial charge on any atom is -0.465 e. The highest BCUT2D eigenvalue weighted by Crippen LogP contribution is 2.33. The van der Waals surface area contributed by atoms with E-state index in [-0.39, 0.29) is 18.4 Å². The van der Waals surface area contributed by atoms with Gasteiger partial charge in [0.05, 0.1) is 16.6 Å². The number of aromatic nitrogens is 1. The summed E-state index contributed by atoms with van der Waals surface area (Å²) in [6, 6.07) is 19.8. The number of amides is 2. The zero-order chi connectivity index (χ0) is 25.7. The molecule has 2 aromatic carbocycles. The van der Waals surface area contributed by atoms with Gasteiger partial charge in [-0.2, -0.15) is 0 Å². The second-order valence-electron chi connectivity index (χ2n) is 8.56. The summed E-state index contributed by atoms with van der Waals surface area (Å²) in [5, 5.41) is 14.6. The molecule has 0 saturated heterocycles. The van der Waals surface area contributed by atoms with E-state index in [0.717, 1.165) is 31.6 Å². The van der Waals surface area contributed by atoms with Gasteiger partial charge in [-0.05, 0) is 41.1 Å². The Morgan fingerprint density at radius 1 is 0.917 bits per heavy atom. The van der Waals surface area contributed by atoms with Gasteiger partial charge >= 0.3 is 6.09 Å². The lowest BCUT2D eigenvalue weighted by molar-refractivity contribution is -0.137. The number of rotatable bonds is 9. The van der Waals surface area contributed by atoms with Crippen molar-refractivity contribution in [2.24, 2.45) is 0 Å². The van der Waals surface area contributed by atoms with E-state index in [0.29, 0.717) is 12.1 Å². The zero-order valence-corrected chi connectivity index (χ0v) is 21.7. The second kappa shape index (κ2) is 11.4. The molecule has 2 amide bonds. The van der Waals surface area contributed by atoms with Gasteiger partial charge in [-0.3, -0.25) is 9.69 Å². The van der Waals surface area contributed by atoms with Crippen LogP contribution >= 0.6 is 22.7 Å². The molecule has 0 spiro atoms. The van der Waals surface area contributed by atoms with Gasteiger partial charge in [0.25, 0.3) is 0 Å². The number of nitrogens with zero attached hydrogens (tertiary/aromatic N) is 3. The highest BCUT2D eigenvalue weighted by Gasteiger charge is 2.34. The topological polar surface area (TPSA) is 99.8 Å². The number of nitrogens with two attached hydrogens (primary N) is 1. The number of likely N-dealkylation sites (N-methyl/N-ethyl adjacent to an activating group) is 2. The van der Waals surface area contributed by atoms with Gasteiger partial charge in [-0.25, -0.2) is 9.78 Å². The largest absolute Gasteiger partial charge is 0.465 e. The number of hydrogen-bond acceptors (Lipinski definition) is 6. The molecule has 7 nitrogen and oxygen atoms in total. The number of carboxylic acid groups (broad SMARTS) is 1. The lowest BCUT2D eigenvalue weighted by Gasteiger charge is -2.33. The number of benzene rings is 2. The fourth-order valence-corrected chi connectivity index (χ4v) is 5.70. The van der Waals surface area contributed by atoms with Crippen LogP contribution in [0.4, 0.5) is 10.5 Å². The van der Waals surface area contributed by atoms with Crippen LogP contribution in [0.3, 0.4) is 0 Å². The van der Waals surface area contributed by atoms with Crippen LogP contribution in [-0.4, -0.2) is 52.0 Å². The summed E-state index contributed by atoms with van der Waals surface area (Å²) in [6.45, 7) is 0.